The van der Waals surface area contributed by atoms with E-state index in [9.17, 15) is 4.79 Å². The van der Waals surface area contributed by atoms with Crippen molar-refractivity contribution >= 4 is 5.91 Å². The van der Waals surface area contributed by atoms with E-state index in [0.717, 1.165) is 32.5 Å². The highest BCUT2D eigenvalue weighted by Gasteiger charge is 2.27. The average molecular weight is 226 g/mol. The molecule has 1 saturated heterocycles. The average Bonchev–Trinajstić information content (AvgIpc) is 2.24. The van der Waals surface area contributed by atoms with Crippen molar-refractivity contribution in [3.8, 4) is 0 Å². The lowest BCUT2D eigenvalue weighted by atomic mass is 9.91. The van der Waals surface area contributed by atoms with E-state index in [1.165, 1.54) is 0 Å². The topological polar surface area (TPSA) is 32.3 Å². The minimum Gasteiger partial charge on any atom is -0.342 e. The van der Waals surface area contributed by atoms with Crippen LogP contribution in [0.3, 0.4) is 0 Å². The second-order valence-electron chi connectivity index (χ2n) is 5.35. The van der Waals surface area contributed by atoms with Crippen molar-refractivity contribution < 1.29 is 4.79 Å². The maximum Gasteiger partial charge on any atom is 0.225 e. The van der Waals surface area contributed by atoms with Crippen LogP contribution < -0.4 is 5.32 Å². The van der Waals surface area contributed by atoms with Crippen molar-refractivity contribution in [2.45, 2.75) is 46.6 Å². The van der Waals surface area contributed by atoms with Crippen molar-refractivity contribution in [3.63, 3.8) is 0 Å². The summed E-state index contributed by atoms with van der Waals surface area (Å²) in [4.78, 5) is 14.3. The Labute approximate surface area is 99.6 Å². The number of rotatable bonds is 4. The molecule has 94 valence electrons. The fraction of sp³-hybridized carbons (Fsp3) is 0.923. The minimum absolute atomic E-state index is 0.245. The first-order chi connectivity index (χ1) is 7.54. The molecule has 0 aromatic rings. The third-order valence-electron chi connectivity index (χ3n) is 3.25. The molecule has 1 heterocycles. The molecule has 1 amide bonds. The van der Waals surface area contributed by atoms with Crippen molar-refractivity contribution in [2.24, 2.45) is 11.8 Å². The molecule has 1 rings (SSSR count). The predicted molar refractivity (Wildman–Crippen MR) is 67.3 cm³/mol. The molecule has 0 aromatic carbocycles. The van der Waals surface area contributed by atoms with E-state index in [-0.39, 0.29) is 5.92 Å². The van der Waals surface area contributed by atoms with Gasteiger partial charge in [0, 0.05) is 25.0 Å². The Kier molecular flexibility index (Phi) is 5.26. The molecule has 1 fully saturated rings. The van der Waals surface area contributed by atoms with E-state index in [4.69, 9.17) is 0 Å². The maximum atomic E-state index is 12.3. The monoisotopic (exact) mass is 226 g/mol. The summed E-state index contributed by atoms with van der Waals surface area (Å²) >= 11 is 0. The number of hydrogen-bond donors (Lipinski definition) is 1. The van der Waals surface area contributed by atoms with Crippen molar-refractivity contribution in [1.29, 1.82) is 0 Å². The van der Waals surface area contributed by atoms with Gasteiger partial charge in [-0.3, -0.25) is 4.79 Å². The van der Waals surface area contributed by atoms with Gasteiger partial charge in [-0.25, -0.2) is 0 Å². The second-order valence-corrected chi connectivity index (χ2v) is 5.35. The molecule has 0 bridgehead atoms. The summed E-state index contributed by atoms with van der Waals surface area (Å²) in [6.07, 6.45) is 1.99. The predicted octanol–water partition coefficient (Wildman–Crippen LogP) is 1.88. The SMILES string of the molecule is CCN(CC(C)C)C(=O)C1CCNC(C)C1. The number of amides is 1. The van der Waals surface area contributed by atoms with E-state index in [2.05, 4.69) is 33.0 Å². The highest BCUT2D eigenvalue weighted by atomic mass is 16.2. The molecule has 0 saturated carbocycles. The lowest BCUT2D eigenvalue weighted by molar-refractivity contribution is -0.137. The molecule has 0 aromatic heterocycles. The maximum absolute atomic E-state index is 12.3. The van der Waals surface area contributed by atoms with Crippen LogP contribution in [0.25, 0.3) is 0 Å². The quantitative estimate of drug-likeness (QED) is 0.794. The van der Waals surface area contributed by atoms with Crippen molar-refractivity contribution in [2.75, 3.05) is 19.6 Å². The van der Waals surface area contributed by atoms with E-state index in [1.54, 1.807) is 0 Å². The van der Waals surface area contributed by atoms with Crippen LogP contribution in [0.4, 0.5) is 0 Å². The summed E-state index contributed by atoms with van der Waals surface area (Å²) in [7, 11) is 0. The highest BCUT2D eigenvalue weighted by Crippen LogP contribution is 2.19. The van der Waals surface area contributed by atoms with Crippen LogP contribution >= 0.6 is 0 Å². The molecule has 0 radical (unpaired) electrons. The van der Waals surface area contributed by atoms with Crippen LogP contribution in [0.1, 0.15) is 40.5 Å². The lowest BCUT2D eigenvalue weighted by Crippen LogP contribution is -2.45. The van der Waals surface area contributed by atoms with Crippen LogP contribution in [-0.2, 0) is 4.79 Å². The molecule has 2 atom stereocenters. The molecule has 1 aliphatic heterocycles. The van der Waals surface area contributed by atoms with Gasteiger partial charge in [-0.1, -0.05) is 13.8 Å². The number of piperidine rings is 1. The fourth-order valence-corrected chi connectivity index (χ4v) is 2.43. The van der Waals surface area contributed by atoms with Crippen LogP contribution in [0, 0.1) is 11.8 Å². The normalized spacial score (nSPS) is 25.8. The Hall–Kier alpha value is -0.570. The molecule has 3 nitrogen and oxygen atoms in total. The standard InChI is InChI=1S/C13H26N2O/c1-5-15(9-10(2)3)13(16)12-6-7-14-11(4)8-12/h10-12,14H,5-9H2,1-4H3. The van der Waals surface area contributed by atoms with E-state index in [0.29, 0.717) is 17.9 Å². The molecule has 3 heteroatoms. The summed E-state index contributed by atoms with van der Waals surface area (Å²) in [5, 5.41) is 3.39. The van der Waals surface area contributed by atoms with E-state index >= 15 is 0 Å². The smallest absolute Gasteiger partial charge is 0.225 e. The Bertz CT molecular complexity index is 222. The number of carbonyl (C=O) groups excluding carboxylic acids is 1. The molecule has 0 spiro atoms. The summed E-state index contributed by atoms with van der Waals surface area (Å²) in [6.45, 7) is 11.3. The zero-order valence-electron chi connectivity index (χ0n) is 11.1. The van der Waals surface area contributed by atoms with Gasteiger partial charge in [0.25, 0.3) is 0 Å². The zero-order chi connectivity index (χ0) is 12.1. The highest BCUT2D eigenvalue weighted by molar-refractivity contribution is 5.79. The third-order valence-corrected chi connectivity index (χ3v) is 3.25. The first-order valence-corrected chi connectivity index (χ1v) is 6.56. The van der Waals surface area contributed by atoms with Gasteiger partial charge < -0.3 is 10.2 Å². The second kappa shape index (κ2) is 6.24. The number of nitrogens with zero attached hydrogens (tertiary/aromatic N) is 1. The number of nitrogens with one attached hydrogen (secondary N) is 1. The Balaban J connectivity index is 2.52. The first-order valence-electron chi connectivity index (χ1n) is 6.56. The van der Waals surface area contributed by atoms with Crippen molar-refractivity contribution in [1.82, 2.24) is 10.2 Å². The lowest BCUT2D eigenvalue weighted by Gasteiger charge is -2.32. The summed E-state index contributed by atoms with van der Waals surface area (Å²) in [5.74, 6) is 1.17. The Morgan fingerprint density at radius 1 is 1.50 bits per heavy atom. The van der Waals surface area contributed by atoms with Crippen LogP contribution in [0.15, 0.2) is 0 Å². The van der Waals surface area contributed by atoms with Gasteiger partial charge in [-0.15, -0.1) is 0 Å². The van der Waals surface area contributed by atoms with Crippen molar-refractivity contribution in [3.05, 3.63) is 0 Å². The molecular formula is C13H26N2O. The van der Waals surface area contributed by atoms with Gasteiger partial charge >= 0.3 is 0 Å². The van der Waals surface area contributed by atoms with E-state index < -0.39 is 0 Å². The van der Waals surface area contributed by atoms with Gasteiger partial charge in [-0.05, 0) is 39.2 Å². The summed E-state index contributed by atoms with van der Waals surface area (Å²) in [6, 6.07) is 0.487. The molecule has 2 unspecified atom stereocenters. The Morgan fingerprint density at radius 3 is 2.69 bits per heavy atom. The molecular weight excluding hydrogens is 200 g/mol. The minimum atomic E-state index is 0.245. The van der Waals surface area contributed by atoms with Crippen LogP contribution in [0.5, 0.6) is 0 Å². The van der Waals surface area contributed by atoms with Gasteiger partial charge in [0.05, 0.1) is 0 Å². The first kappa shape index (κ1) is 13.5. The molecule has 16 heavy (non-hydrogen) atoms. The fourth-order valence-electron chi connectivity index (χ4n) is 2.43. The van der Waals surface area contributed by atoms with Gasteiger partial charge in [0.2, 0.25) is 5.91 Å². The summed E-state index contributed by atoms with van der Waals surface area (Å²) < 4.78 is 0. The zero-order valence-corrected chi connectivity index (χ0v) is 11.1. The largest absolute Gasteiger partial charge is 0.342 e. The molecule has 1 N–H and O–H groups in total. The van der Waals surface area contributed by atoms with Gasteiger partial charge in [0.1, 0.15) is 0 Å². The number of hydrogen-bond acceptors (Lipinski definition) is 2. The van der Waals surface area contributed by atoms with Crippen LogP contribution in [0.2, 0.25) is 0 Å². The van der Waals surface area contributed by atoms with Crippen LogP contribution in [-0.4, -0.2) is 36.5 Å². The third kappa shape index (κ3) is 3.78. The Morgan fingerprint density at radius 2 is 2.19 bits per heavy atom. The van der Waals surface area contributed by atoms with Gasteiger partial charge in [-0.2, -0.15) is 0 Å². The number of carbonyl (C=O) groups is 1. The molecule has 0 aliphatic carbocycles. The summed E-state index contributed by atoms with van der Waals surface area (Å²) in [5.41, 5.74) is 0. The van der Waals surface area contributed by atoms with E-state index in [1.807, 2.05) is 4.90 Å². The molecule has 1 aliphatic rings. The van der Waals surface area contributed by atoms with Gasteiger partial charge in [0.15, 0.2) is 0 Å².